The molecule has 0 fully saturated rings. The van der Waals surface area contributed by atoms with Gasteiger partial charge in [0.2, 0.25) is 0 Å². The zero-order valence-electron chi connectivity index (χ0n) is 8.62. The lowest BCUT2D eigenvalue weighted by molar-refractivity contribution is -0.130. The maximum absolute atomic E-state index is 11.1. The Kier molecular flexibility index (Phi) is 3.20. The number of benzene rings is 1. The molecule has 1 aromatic carbocycles. The number of nitrogens with zero attached hydrogens (tertiary/aromatic N) is 3. The summed E-state index contributed by atoms with van der Waals surface area (Å²) >= 11 is 5.75. The van der Waals surface area contributed by atoms with Gasteiger partial charge in [0.05, 0.1) is 0 Å². The Morgan fingerprint density at radius 3 is 2.59 bits per heavy atom. The third-order valence-corrected chi connectivity index (χ3v) is 2.31. The van der Waals surface area contributed by atoms with Crippen LogP contribution in [0.25, 0.3) is 11.8 Å². The van der Waals surface area contributed by atoms with Crippen LogP contribution in [-0.2, 0) is 4.79 Å². The molecule has 2 aromatic rings. The molecule has 0 aliphatic heterocycles. The van der Waals surface area contributed by atoms with Crippen LogP contribution in [0.4, 0.5) is 0 Å². The fraction of sp³-hybridized carbons (Fsp3) is 0. The van der Waals surface area contributed by atoms with E-state index in [4.69, 9.17) is 16.7 Å². The molecule has 5 nitrogen and oxygen atoms in total. The predicted octanol–water partition coefficient (Wildman–Crippen LogP) is 2.01. The lowest BCUT2D eigenvalue weighted by atomic mass is 10.2. The quantitative estimate of drug-likeness (QED) is 0.845. The molecule has 0 amide bonds. The van der Waals surface area contributed by atoms with Crippen molar-refractivity contribution in [2.75, 3.05) is 0 Å². The van der Waals surface area contributed by atoms with E-state index >= 15 is 0 Å². The summed E-state index contributed by atoms with van der Waals surface area (Å²) in [7, 11) is 0. The van der Waals surface area contributed by atoms with Crippen LogP contribution in [0.15, 0.2) is 36.9 Å². The molecule has 1 N–H and O–H groups in total. The SMILES string of the molecule is O=C(O)/C(=C/c1ccc(Cl)cc1)n1cncn1. The molecular weight excluding hydrogens is 242 g/mol. The van der Waals surface area contributed by atoms with Crippen molar-refractivity contribution in [3.8, 4) is 0 Å². The number of carbonyl (C=O) groups is 1. The zero-order valence-corrected chi connectivity index (χ0v) is 9.37. The highest BCUT2D eigenvalue weighted by atomic mass is 35.5. The minimum absolute atomic E-state index is 0.0184. The van der Waals surface area contributed by atoms with Crippen molar-refractivity contribution in [3.05, 3.63) is 47.5 Å². The molecule has 1 aromatic heterocycles. The summed E-state index contributed by atoms with van der Waals surface area (Å²) in [4.78, 5) is 14.8. The van der Waals surface area contributed by atoms with E-state index in [1.165, 1.54) is 23.4 Å². The third-order valence-electron chi connectivity index (χ3n) is 2.06. The first kappa shape index (κ1) is 11.3. The standard InChI is InChI=1S/C11H8ClN3O2/c12-9-3-1-8(2-4-9)5-10(11(16)17)15-7-13-6-14-15/h1-7H,(H,16,17)/b10-5-. The van der Waals surface area contributed by atoms with E-state index in [1.54, 1.807) is 24.3 Å². The molecule has 6 heteroatoms. The van der Waals surface area contributed by atoms with Crippen LogP contribution < -0.4 is 0 Å². The van der Waals surface area contributed by atoms with Crippen molar-refractivity contribution >= 4 is 29.3 Å². The molecule has 0 saturated carbocycles. The summed E-state index contributed by atoms with van der Waals surface area (Å²) in [5.74, 6) is -1.08. The van der Waals surface area contributed by atoms with Crippen molar-refractivity contribution in [2.24, 2.45) is 0 Å². The van der Waals surface area contributed by atoms with Gasteiger partial charge in [-0.25, -0.2) is 14.5 Å². The lowest BCUT2D eigenvalue weighted by Gasteiger charge is -2.01. The van der Waals surface area contributed by atoms with Crippen molar-refractivity contribution in [1.29, 1.82) is 0 Å². The molecule has 0 unspecified atom stereocenters. The topological polar surface area (TPSA) is 68.0 Å². The van der Waals surface area contributed by atoms with Crippen LogP contribution in [0.3, 0.4) is 0 Å². The van der Waals surface area contributed by atoms with E-state index in [0.717, 1.165) is 5.56 Å². The van der Waals surface area contributed by atoms with Gasteiger partial charge in [-0.05, 0) is 23.8 Å². The monoisotopic (exact) mass is 249 g/mol. The Bertz CT molecular complexity index is 547. The van der Waals surface area contributed by atoms with Crippen LogP contribution in [0.1, 0.15) is 5.56 Å². The maximum atomic E-state index is 11.1. The summed E-state index contributed by atoms with van der Waals surface area (Å²) in [6, 6.07) is 6.83. The summed E-state index contributed by atoms with van der Waals surface area (Å²) in [6.07, 6.45) is 4.10. The van der Waals surface area contributed by atoms with E-state index in [2.05, 4.69) is 10.1 Å². The average Bonchev–Trinajstić information content (AvgIpc) is 2.81. The summed E-state index contributed by atoms with van der Waals surface area (Å²) < 4.78 is 1.19. The van der Waals surface area contributed by atoms with E-state index in [0.29, 0.717) is 5.02 Å². The largest absolute Gasteiger partial charge is 0.477 e. The Hall–Kier alpha value is -2.14. The smallest absolute Gasteiger partial charge is 0.354 e. The molecular formula is C11H8ClN3O2. The van der Waals surface area contributed by atoms with E-state index in [9.17, 15) is 4.79 Å². The van der Waals surface area contributed by atoms with Crippen molar-refractivity contribution in [2.45, 2.75) is 0 Å². The van der Waals surface area contributed by atoms with Gasteiger partial charge in [-0.3, -0.25) is 0 Å². The normalized spacial score (nSPS) is 11.5. The summed E-state index contributed by atoms with van der Waals surface area (Å²) in [6.45, 7) is 0. The molecule has 0 bridgehead atoms. The Morgan fingerprint density at radius 1 is 1.35 bits per heavy atom. The number of hydrogen-bond acceptors (Lipinski definition) is 3. The molecule has 0 radical (unpaired) electrons. The highest BCUT2D eigenvalue weighted by Gasteiger charge is 2.10. The molecule has 1 heterocycles. The van der Waals surface area contributed by atoms with Crippen LogP contribution in [0.2, 0.25) is 5.02 Å². The second kappa shape index (κ2) is 4.80. The number of aliphatic carboxylic acids is 1. The maximum Gasteiger partial charge on any atom is 0.354 e. The van der Waals surface area contributed by atoms with Gasteiger partial charge in [0.1, 0.15) is 12.7 Å². The lowest BCUT2D eigenvalue weighted by Crippen LogP contribution is -2.08. The molecule has 0 aliphatic rings. The highest BCUT2D eigenvalue weighted by Crippen LogP contribution is 2.14. The van der Waals surface area contributed by atoms with Gasteiger partial charge in [0.25, 0.3) is 0 Å². The molecule has 0 spiro atoms. The zero-order chi connectivity index (χ0) is 12.3. The predicted molar refractivity (Wildman–Crippen MR) is 63.3 cm³/mol. The first-order valence-corrected chi connectivity index (χ1v) is 5.10. The Morgan fingerprint density at radius 2 is 2.06 bits per heavy atom. The molecule has 17 heavy (non-hydrogen) atoms. The second-order valence-corrected chi connectivity index (χ2v) is 3.66. The Labute approximate surface area is 102 Å². The number of carboxylic acids is 1. The van der Waals surface area contributed by atoms with Gasteiger partial charge in [0.15, 0.2) is 5.70 Å². The molecule has 86 valence electrons. The van der Waals surface area contributed by atoms with E-state index in [1.807, 2.05) is 0 Å². The van der Waals surface area contributed by atoms with Crippen molar-refractivity contribution in [3.63, 3.8) is 0 Å². The van der Waals surface area contributed by atoms with Crippen molar-refractivity contribution in [1.82, 2.24) is 14.8 Å². The van der Waals surface area contributed by atoms with Crippen LogP contribution in [0.5, 0.6) is 0 Å². The fourth-order valence-electron chi connectivity index (χ4n) is 1.28. The average molecular weight is 250 g/mol. The molecule has 0 atom stereocenters. The summed E-state index contributed by atoms with van der Waals surface area (Å²) in [5, 5.41) is 13.5. The van der Waals surface area contributed by atoms with Crippen LogP contribution >= 0.6 is 11.6 Å². The van der Waals surface area contributed by atoms with Crippen molar-refractivity contribution < 1.29 is 9.90 Å². The first-order valence-electron chi connectivity index (χ1n) is 4.72. The van der Waals surface area contributed by atoms with Gasteiger partial charge in [-0.15, -0.1) is 0 Å². The van der Waals surface area contributed by atoms with Gasteiger partial charge in [0, 0.05) is 5.02 Å². The first-order chi connectivity index (χ1) is 8.16. The van der Waals surface area contributed by atoms with Gasteiger partial charge in [-0.2, -0.15) is 5.10 Å². The van der Waals surface area contributed by atoms with E-state index < -0.39 is 5.97 Å². The number of rotatable bonds is 3. The molecule has 2 rings (SSSR count). The van der Waals surface area contributed by atoms with E-state index in [-0.39, 0.29) is 5.70 Å². The van der Waals surface area contributed by atoms with Gasteiger partial charge >= 0.3 is 5.97 Å². The molecule has 0 aliphatic carbocycles. The second-order valence-electron chi connectivity index (χ2n) is 3.23. The minimum Gasteiger partial charge on any atom is -0.477 e. The summed E-state index contributed by atoms with van der Waals surface area (Å²) in [5.41, 5.74) is 0.743. The van der Waals surface area contributed by atoms with Crippen LogP contribution in [-0.4, -0.2) is 25.8 Å². The minimum atomic E-state index is -1.08. The van der Waals surface area contributed by atoms with Gasteiger partial charge < -0.3 is 5.11 Å². The molecule has 0 saturated heterocycles. The number of aromatic nitrogens is 3. The number of halogens is 1. The number of carboxylic acid groups (broad SMARTS) is 1. The Balaban J connectivity index is 2.40. The number of hydrogen-bond donors (Lipinski definition) is 1. The highest BCUT2D eigenvalue weighted by molar-refractivity contribution is 6.30. The van der Waals surface area contributed by atoms with Gasteiger partial charge in [-0.1, -0.05) is 23.7 Å². The van der Waals surface area contributed by atoms with Crippen LogP contribution in [0, 0.1) is 0 Å². The fourth-order valence-corrected chi connectivity index (χ4v) is 1.40. The third kappa shape index (κ3) is 2.70.